The molecule has 3 aromatic rings. The highest BCUT2D eigenvalue weighted by Gasteiger charge is 2.36. The minimum Gasteiger partial charge on any atom is -0.339 e. The standard InChI is InChI=1S/C21H21N3O2/c1-13-6-4-9-16(10-13)20-22-21(26-23-20)17-11-18(25)24(12-17)19-14(2)7-5-8-15(19)3/h4-10,17H,11-12H2,1-3H3. The summed E-state index contributed by atoms with van der Waals surface area (Å²) < 4.78 is 5.50. The lowest BCUT2D eigenvalue weighted by Crippen LogP contribution is -2.26. The van der Waals surface area contributed by atoms with Gasteiger partial charge in [-0.25, -0.2) is 0 Å². The molecule has 1 fully saturated rings. The van der Waals surface area contributed by atoms with Crippen molar-refractivity contribution in [2.75, 3.05) is 11.4 Å². The van der Waals surface area contributed by atoms with Gasteiger partial charge >= 0.3 is 0 Å². The van der Waals surface area contributed by atoms with Crippen molar-refractivity contribution >= 4 is 11.6 Å². The van der Waals surface area contributed by atoms with E-state index in [9.17, 15) is 4.79 Å². The first-order chi connectivity index (χ1) is 12.5. The second-order valence-electron chi connectivity index (χ2n) is 6.97. The zero-order valence-corrected chi connectivity index (χ0v) is 15.2. The van der Waals surface area contributed by atoms with Gasteiger partial charge in [-0.15, -0.1) is 0 Å². The molecule has 1 aliphatic heterocycles. The number of rotatable bonds is 3. The van der Waals surface area contributed by atoms with Crippen LogP contribution in [0.5, 0.6) is 0 Å². The fraction of sp³-hybridized carbons (Fsp3) is 0.286. The molecule has 1 aromatic heterocycles. The van der Waals surface area contributed by atoms with Gasteiger partial charge in [0.2, 0.25) is 17.6 Å². The molecule has 1 saturated heterocycles. The van der Waals surface area contributed by atoms with Gasteiger partial charge in [-0.1, -0.05) is 47.1 Å². The molecule has 132 valence electrons. The topological polar surface area (TPSA) is 59.2 Å². The number of benzene rings is 2. The van der Waals surface area contributed by atoms with Crippen LogP contribution in [0.15, 0.2) is 47.0 Å². The molecule has 0 bridgehead atoms. The molecule has 1 amide bonds. The monoisotopic (exact) mass is 347 g/mol. The third-order valence-electron chi connectivity index (χ3n) is 4.90. The highest BCUT2D eigenvalue weighted by molar-refractivity contribution is 5.97. The Labute approximate surface area is 152 Å². The predicted molar refractivity (Wildman–Crippen MR) is 100 cm³/mol. The van der Waals surface area contributed by atoms with Crippen molar-refractivity contribution in [3.8, 4) is 11.4 Å². The second kappa shape index (κ2) is 6.41. The van der Waals surface area contributed by atoms with Crippen molar-refractivity contribution in [2.24, 2.45) is 0 Å². The van der Waals surface area contributed by atoms with E-state index in [1.807, 2.05) is 68.1 Å². The molecular formula is C21H21N3O2. The van der Waals surface area contributed by atoms with Crippen LogP contribution in [0.4, 0.5) is 5.69 Å². The number of aryl methyl sites for hydroxylation is 3. The van der Waals surface area contributed by atoms with Crippen LogP contribution in [-0.2, 0) is 4.79 Å². The Morgan fingerprint density at radius 2 is 1.81 bits per heavy atom. The fourth-order valence-corrected chi connectivity index (χ4v) is 3.62. The third kappa shape index (κ3) is 2.90. The molecule has 1 aliphatic rings. The molecule has 0 N–H and O–H groups in total. The molecule has 26 heavy (non-hydrogen) atoms. The maximum absolute atomic E-state index is 12.6. The normalized spacial score (nSPS) is 17.1. The Kier molecular flexibility index (Phi) is 4.07. The summed E-state index contributed by atoms with van der Waals surface area (Å²) in [5.74, 6) is 1.13. The molecule has 0 aliphatic carbocycles. The smallest absolute Gasteiger partial charge is 0.232 e. The van der Waals surface area contributed by atoms with E-state index in [1.54, 1.807) is 0 Å². The molecule has 4 rings (SSSR count). The van der Waals surface area contributed by atoms with Gasteiger partial charge in [-0.05, 0) is 38.0 Å². The predicted octanol–water partition coefficient (Wildman–Crippen LogP) is 4.18. The Morgan fingerprint density at radius 1 is 1.08 bits per heavy atom. The van der Waals surface area contributed by atoms with Crippen molar-refractivity contribution in [3.05, 3.63) is 65.0 Å². The van der Waals surface area contributed by atoms with Crippen molar-refractivity contribution in [3.63, 3.8) is 0 Å². The van der Waals surface area contributed by atoms with Crippen molar-refractivity contribution in [2.45, 2.75) is 33.1 Å². The van der Waals surface area contributed by atoms with Crippen LogP contribution in [0.1, 0.15) is 34.9 Å². The zero-order valence-electron chi connectivity index (χ0n) is 15.2. The van der Waals surface area contributed by atoms with Crippen molar-refractivity contribution in [1.29, 1.82) is 0 Å². The first-order valence-electron chi connectivity index (χ1n) is 8.80. The van der Waals surface area contributed by atoms with E-state index in [1.165, 1.54) is 0 Å². The molecule has 2 heterocycles. The summed E-state index contributed by atoms with van der Waals surface area (Å²) in [4.78, 5) is 19.0. The highest BCUT2D eigenvalue weighted by Crippen LogP contribution is 2.35. The SMILES string of the molecule is Cc1cccc(-c2noc(C3CC(=O)N(c4c(C)cccc4C)C3)n2)c1. The first-order valence-corrected chi connectivity index (χ1v) is 8.80. The van der Waals surface area contributed by atoms with Crippen LogP contribution < -0.4 is 4.90 Å². The average molecular weight is 347 g/mol. The molecule has 2 aromatic carbocycles. The Morgan fingerprint density at radius 3 is 2.54 bits per heavy atom. The van der Waals surface area contributed by atoms with Gasteiger partial charge in [0.1, 0.15) is 0 Å². The number of para-hydroxylation sites is 1. The van der Waals surface area contributed by atoms with E-state index in [0.717, 1.165) is 27.9 Å². The van der Waals surface area contributed by atoms with Crippen LogP contribution >= 0.6 is 0 Å². The third-order valence-corrected chi connectivity index (χ3v) is 4.90. The van der Waals surface area contributed by atoms with E-state index in [-0.39, 0.29) is 11.8 Å². The van der Waals surface area contributed by atoms with Gasteiger partial charge in [0.05, 0.1) is 5.92 Å². The van der Waals surface area contributed by atoms with Crippen LogP contribution in [0, 0.1) is 20.8 Å². The molecule has 5 nitrogen and oxygen atoms in total. The molecule has 1 unspecified atom stereocenters. The summed E-state index contributed by atoms with van der Waals surface area (Å²) in [6.07, 6.45) is 0.392. The number of aromatic nitrogens is 2. The van der Waals surface area contributed by atoms with Crippen LogP contribution in [-0.4, -0.2) is 22.6 Å². The molecule has 5 heteroatoms. The van der Waals surface area contributed by atoms with Crippen LogP contribution in [0.2, 0.25) is 0 Å². The van der Waals surface area contributed by atoms with Crippen LogP contribution in [0.25, 0.3) is 11.4 Å². The van der Waals surface area contributed by atoms with E-state index in [2.05, 4.69) is 10.1 Å². The molecule has 0 saturated carbocycles. The number of nitrogens with zero attached hydrogens (tertiary/aromatic N) is 3. The molecule has 1 atom stereocenters. The Bertz CT molecular complexity index is 957. The van der Waals surface area contributed by atoms with Gasteiger partial charge < -0.3 is 9.42 Å². The lowest BCUT2D eigenvalue weighted by molar-refractivity contribution is -0.117. The largest absolute Gasteiger partial charge is 0.339 e. The van der Waals surface area contributed by atoms with E-state index < -0.39 is 0 Å². The fourth-order valence-electron chi connectivity index (χ4n) is 3.62. The van der Waals surface area contributed by atoms with Gasteiger partial charge in [0, 0.05) is 24.2 Å². The van der Waals surface area contributed by atoms with E-state index >= 15 is 0 Å². The number of hydrogen-bond donors (Lipinski definition) is 0. The highest BCUT2D eigenvalue weighted by atomic mass is 16.5. The van der Waals surface area contributed by atoms with Crippen LogP contribution in [0.3, 0.4) is 0 Å². The number of hydrogen-bond acceptors (Lipinski definition) is 4. The van der Waals surface area contributed by atoms with Crippen molar-refractivity contribution in [1.82, 2.24) is 10.1 Å². The maximum atomic E-state index is 12.6. The Hall–Kier alpha value is -2.95. The lowest BCUT2D eigenvalue weighted by Gasteiger charge is -2.21. The summed E-state index contributed by atoms with van der Waals surface area (Å²) >= 11 is 0. The number of amides is 1. The number of carbonyl (C=O) groups excluding carboxylic acids is 1. The molecule has 0 spiro atoms. The maximum Gasteiger partial charge on any atom is 0.232 e. The van der Waals surface area contributed by atoms with Gasteiger partial charge in [-0.2, -0.15) is 4.98 Å². The summed E-state index contributed by atoms with van der Waals surface area (Å²) in [6.45, 7) is 6.67. The minimum absolute atomic E-state index is 0.0763. The number of anilines is 1. The zero-order chi connectivity index (χ0) is 18.3. The van der Waals surface area contributed by atoms with E-state index in [0.29, 0.717) is 24.7 Å². The van der Waals surface area contributed by atoms with Gasteiger partial charge in [0.15, 0.2) is 0 Å². The summed E-state index contributed by atoms with van der Waals surface area (Å²) in [7, 11) is 0. The number of carbonyl (C=O) groups is 1. The Balaban J connectivity index is 1.60. The van der Waals surface area contributed by atoms with Gasteiger partial charge in [-0.3, -0.25) is 4.79 Å². The van der Waals surface area contributed by atoms with Crippen molar-refractivity contribution < 1.29 is 9.32 Å². The first kappa shape index (κ1) is 16.5. The molecular weight excluding hydrogens is 326 g/mol. The summed E-state index contributed by atoms with van der Waals surface area (Å²) in [5.41, 5.74) is 5.27. The quantitative estimate of drug-likeness (QED) is 0.713. The summed E-state index contributed by atoms with van der Waals surface area (Å²) in [6, 6.07) is 14.1. The van der Waals surface area contributed by atoms with Gasteiger partial charge in [0.25, 0.3) is 0 Å². The average Bonchev–Trinajstić information content (AvgIpc) is 3.22. The second-order valence-corrected chi connectivity index (χ2v) is 6.97. The summed E-state index contributed by atoms with van der Waals surface area (Å²) in [5, 5.41) is 4.11. The molecule has 0 radical (unpaired) electrons. The van der Waals surface area contributed by atoms with E-state index in [4.69, 9.17) is 4.52 Å². The minimum atomic E-state index is -0.0763. The lowest BCUT2D eigenvalue weighted by atomic mass is 10.1.